The van der Waals surface area contributed by atoms with Crippen LogP contribution in [0.4, 0.5) is 27.5 Å². The first kappa shape index (κ1) is 112. The van der Waals surface area contributed by atoms with Crippen molar-refractivity contribution in [1.29, 1.82) is 0 Å². The predicted molar refractivity (Wildman–Crippen MR) is 567 cm³/mol. The van der Waals surface area contributed by atoms with E-state index in [0.717, 1.165) is 60.3 Å². The largest absolute Gasteiger partial charge is 0.450 e. The Morgan fingerprint density at radius 2 is 0.939 bits per heavy atom. The molecule has 14 rings (SSSR count). The van der Waals surface area contributed by atoms with E-state index in [-0.39, 0.29) is 114 Å². The molecule has 9 aromatic carbocycles. The van der Waals surface area contributed by atoms with Crippen molar-refractivity contribution in [1.82, 2.24) is 25.6 Å². The van der Waals surface area contributed by atoms with Crippen molar-refractivity contribution < 1.29 is 128 Å². The van der Waals surface area contributed by atoms with Gasteiger partial charge in [-0.2, -0.15) is 68.1 Å². The monoisotopic (exact) mass is 2170 g/mol. The fourth-order valence-corrected chi connectivity index (χ4v) is 24.8. The molecular weight excluding hydrogens is 2040 g/mol. The number of fused-ring (bicyclic) bond motifs is 12. The van der Waals surface area contributed by atoms with Gasteiger partial charge in [0.2, 0.25) is 17.3 Å². The average molecular weight is 2170 g/mol. The maximum atomic E-state index is 13.4. The number of benzene rings is 9. The first-order valence-electron chi connectivity index (χ1n) is 48.6. The molecule has 0 saturated heterocycles. The number of allylic oxidation sites excluding steroid dienone is 12. The van der Waals surface area contributed by atoms with Gasteiger partial charge in [0.25, 0.3) is 70.8 Å². The van der Waals surface area contributed by atoms with Gasteiger partial charge in [-0.1, -0.05) is 149 Å². The van der Waals surface area contributed by atoms with E-state index in [9.17, 15) is 100 Å². The van der Waals surface area contributed by atoms with Crippen LogP contribution in [0.1, 0.15) is 165 Å². The van der Waals surface area contributed by atoms with Crippen LogP contribution < -0.4 is 20.4 Å². The van der Waals surface area contributed by atoms with Crippen molar-refractivity contribution in [3.8, 4) is 0 Å². The summed E-state index contributed by atoms with van der Waals surface area (Å²) in [5, 5.41) is 18.4. The van der Waals surface area contributed by atoms with Crippen molar-refractivity contribution in [2.75, 3.05) is 106 Å². The third kappa shape index (κ3) is 26.9. The highest BCUT2D eigenvalue weighted by Gasteiger charge is 2.49. The summed E-state index contributed by atoms with van der Waals surface area (Å²) in [6.45, 7) is 19.8. The Bertz CT molecular complexity index is 7940. The highest BCUT2D eigenvalue weighted by Crippen LogP contribution is 2.55. The number of alkyl carbamates (subject to hydrolysis) is 1. The molecule has 0 unspecified atom stereocenters. The Morgan fingerprint density at radius 1 is 0.426 bits per heavy atom. The number of aryl methyl sites for hydroxylation is 1. The number of nitrogens with one attached hydrogen (secondary N) is 2. The predicted octanol–water partition coefficient (Wildman–Crippen LogP) is 16.0. The van der Waals surface area contributed by atoms with Gasteiger partial charge in [0.1, 0.15) is 28.6 Å². The Kier molecular flexibility index (Phi) is 35.0. The van der Waals surface area contributed by atoms with Crippen LogP contribution in [0.2, 0.25) is 0 Å². The number of carbonyl (C=O) groups excluding carboxylic acids is 2. The van der Waals surface area contributed by atoms with Crippen molar-refractivity contribution in [2.24, 2.45) is 0 Å². The Labute approximate surface area is 863 Å². The SMILES string of the molecule is CC1(C)C(/C=C/C=C/C=C2/N(CCCCCCOC(=O)NCCOCCOCCOCCn3cc(CNC(=O)CCCCc4cccc(C(=C\C=C5\N(CCCS(=O)(=O)O)c6ccc7c(S(=O)(=O)O)cc(S(=O)(=O)O)cc7c6C5(C)C)/C=C/C5=[N+](CCCS(=O)(=O)O)c6ccc7c(S(=O)(=O)O)cc(S(=O)(=O)O)cc7c6C5(C)C)c4)nn3)c3ccc4ccccc4c3C2(C)C)=[N+](CCCCS(=O)(=O)O)c2ccc3ccccc3c21. The van der Waals surface area contributed by atoms with Gasteiger partial charge in [-0.15, -0.1) is 5.10 Å². The molecule has 792 valence electrons. The summed E-state index contributed by atoms with van der Waals surface area (Å²) < 4.78 is 275. The number of nitrogens with zero attached hydrogens (tertiary/aromatic N) is 7. The second kappa shape index (κ2) is 46.2. The van der Waals surface area contributed by atoms with Crippen LogP contribution in [-0.4, -0.2) is 235 Å². The molecule has 4 aliphatic heterocycles. The third-order valence-electron chi connectivity index (χ3n) is 27.3. The van der Waals surface area contributed by atoms with Gasteiger partial charge in [0.05, 0.1) is 103 Å². The minimum Gasteiger partial charge on any atom is -0.450 e. The van der Waals surface area contributed by atoms with Crippen LogP contribution in [0, 0.1) is 0 Å². The number of anilines is 2. The summed E-state index contributed by atoms with van der Waals surface area (Å²) in [7, 11) is -33.8. The molecule has 1 aromatic heterocycles. The number of carbonyl (C=O) groups is 2. The van der Waals surface area contributed by atoms with Crippen LogP contribution in [0.3, 0.4) is 0 Å². The Balaban J connectivity index is 0.535. The maximum absolute atomic E-state index is 13.4. The quantitative estimate of drug-likeness (QED) is 0.00740. The summed E-state index contributed by atoms with van der Waals surface area (Å²) in [6.07, 6.45) is 24.1. The van der Waals surface area contributed by atoms with E-state index >= 15 is 0 Å². The lowest BCUT2D eigenvalue weighted by Gasteiger charge is -2.27. The molecule has 0 saturated carbocycles. The zero-order valence-electron chi connectivity index (χ0n) is 83.4. The van der Waals surface area contributed by atoms with Crippen LogP contribution in [0.25, 0.3) is 48.7 Å². The summed E-state index contributed by atoms with van der Waals surface area (Å²) in [5.41, 5.74) is 8.11. The second-order valence-corrected chi connectivity index (χ2v) is 49.5. The molecule has 0 spiro atoms. The van der Waals surface area contributed by atoms with E-state index < -0.39 is 119 Å². The normalized spacial score (nSPS) is 16.4. The first-order chi connectivity index (χ1) is 69.7. The molecule has 5 heterocycles. The van der Waals surface area contributed by atoms with Crippen molar-refractivity contribution in [2.45, 2.75) is 187 Å². The van der Waals surface area contributed by atoms with Crippen LogP contribution >= 0.6 is 0 Å². The van der Waals surface area contributed by atoms with E-state index in [2.05, 4.69) is 155 Å². The van der Waals surface area contributed by atoms with E-state index in [0.29, 0.717) is 136 Å². The summed E-state index contributed by atoms with van der Waals surface area (Å²) in [4.78, 5) is 26.7. The second-order valence-electron chi connectivity index (χ2n) is 39.1. The van der Waals surface area contributed by atoms with Crippen molar-refractivity contribution in [3.63, 3.8) is 0 Å². The molecule has 9 N–H and O–H groups in total. The Hall–Kier alpha value is -11.5. The zero-order valence-corrected chi connectivity index (χ0v) is 89.1. The van der Waals surface area contributed by atoms with E-state index in [1.165, 1.54) is 62.9 Å². The molecule has 0 bridgehead atoms. The third-order valence-corrected chi connectivity index (χ3v) is 33.2. The summed E-state index contributed by atoms with van der Waals surface area (Å²) in [6, 6.07) is 41.9. The number of ether oxygens (including phenoxy) is 4. The number of hydrogen-bond donors (Lipinski definition) is 9. The number of amides is 2. The standard InChI is InChI=1S/C105H123N9O27S7/c1-102(2)92(34-12-11-13-35-93-103(3,4)98-81-33-18-16-30-75(81)38-44-87(98)112(93)51-21-23-62-142(117,118)119)111(86-43-37-74-29-15-17-32-80(74)97(86)102)50-20-9-10-22-55-141-101(116)106-49-56-138-58-60-140-61-59-139-57-54-110-71-77(108-109-110)70-107-96(115)36-19-14-27-72-28-24-31-76(65-72)73(39-47-94-104(5,6)99-84-66-78(145(126,127)128)68-90(147(132,133)134)82(84)41-45-88(99)113(94)52-25-63-143(120,121)122)40-48-95-105(7,8)100-85-67-79(146(129,130)131)69-91(148(135,136)137)83(85)42-46-89(100)114(95)53-26-64-144(123,124)125/h11-13,15-18,24,28-35,37-48,65-69,71H,9-10,14,19-23,25-27,36,49-64,70H2,1-8H3,(H7-2,106,107,115,116,117,118,119,120,121,122,123,124,125,126,127,128,129,130,131,132,133,134,135,136,137)/p+2. The zero-order chi connectivity index (χ0) is 107. The Morgan fingerprint density at radius 3 is 1.55 bits per heavy atom. The lowest BCUT2D eigenvalue weighted by atomic mass is 9.78. The van der Waals surface area contributed by atoms with Crippen LogP contribution in [0.5, 0.6) is 0 Å². The molecular formula is C105H125N9O27S7+2. The molecule has 148 heavy (non-hydrogen) atoms. The molecule has 0 aliphatic carbocycles. The smallest absolute Gasteiger partial charge is 0.407 e. The number of unbranched alkanes of at least 4 members (excludes halogenated alkanes) is 5. The molecule has 36 nitrogen and oxygen atoms in total. The number of hydrogen-bond acceptors (Lipinski definition) is 24. The maximum Gasteiger partial charge on any atom is 0.407 e. The molecule has 4 aliphatic rings. The van der Waals surface area contributed by atoms with Gasteiger partial charge in [-0.25, -0.2) is 9.48 Å². The van der Waals surface area contributed by atoms with Crippen LogP contribution in [0.15, 0.2) is 237 Å². The van der Waals surface area contributed by atoms with Gasteiger partial charge in [-0.05, 0) is 206 Å². The minimum atomic E-state index is -5.18. The van der Waals surface area contributed by atoms with Crippen molar-refractivity contribution >= 4 is 166 Å². The van der Waals surface area contributed by atoms with Gasteiger partial charge < -0.3 is 39.4 Å². The lowest BCUT2D eigenvalue weighted by molar-refractivity contribution is -0.438. The fourth-order valence-electron chi connectivity index (χ4n) is 20.5. The van der Waals surface area contributed by atoms with E-state index in [1.54, 1.807) is 84.5 Å². The first-order valence-corrected chi connectivity index (χ1v) is 59.2. The van der Waals surface area contributed by atoms with E-state index in [1.807, 2.05) is 18.2 Å². The molecule has 10 aromatic rings. The van der Waals surface area contributed by atoms with Crippen molar-refractivity contribution in [3.05, 3.63) is 257 Å². The van der Waals surface area contributed by atoms with Gasteiger partial charge in [0, 0.05) is 119 Å². The molecule has 43 heteroatoms. The summed E-state index contributed by atoms with van der Waals surface area (Å²) >= 11 is 0. The fraction of sp³-hybridized carbons (Fsp3) is 0.390. The number of aromatic nitrogens is 3. The van der Waals surface area contributed by atoms with Gasteiger partial charge >= 0.3 is 6.09 Å². The van der Waals surface area contributed by atoms with Gasteiger partial charge in [0.15, 0.2) is 11.4 Å². The summed E-state index contributed by atoms with van der Waals surface area (Å²) in [5.74, 6) is -1.96. The topological polar surface area (TPSA) is 519 Å². The highest BCUT2D eigenvalue weighted by molar-refractivity contribution is 7.87. The molecule has 0 atom stereocenters. The van der Waals surface area contributed by atoms with Gasteiger partial charge in [-0.3, -0.25) is 36.7 Å². The lowest BCUT2D eigenvalue weighted by Crippen LogP contribution is -2.28. The molecule has 2 amide bonds. The average Bonchev–Trinajstić information content (AvgIpc) is 1.54. The number of rotatable bonds is 50. The minimum absolute atomic E-state index is 0.0317. The molecule has 0 radical (unpaired) electrons. The highest BCUT2D eigenvalue weighted by atomic mass is 32.2. The van der Waals surface area contributed by atoms with Crippen LogP contribution in [-0.2, 0) is 136 Å². The van der Waals surface area contributed by atoms with E-state index in [4.69, 9.17) is 18.9 Å². The molecule has 0 fully saturated rings.